The first-order chi connectivity index (χ1) is 15.5. The topological polar surface area (TPSA) is 3.88 Å². The fraction of sp³-hybridized carbons (Fsp3) is 0.531. The van der Waals surface area contributed by atoms with Crippen molar-refractivity contribution in [1.29, 1.82) is 0 Å². The molecule has 2 aromatic carbocycles. The number of hydrogen-bond acceptors (Lipinski definition) is 0. The van der Waals surface area contributed by atoms with Crippen LogP contribution in [0.4, 0.5) is 0 Å². The Labute approximate surface area is 204 Å². The second-order valence-corrected chi connectivity index (χ2v) is 12.7. The van der Waals surface area contributed by atoms with E-state index in [-0.39, 0.29) is 10.8 Å². The van der Waals surface area contributed by atoms with E-state index in [0.29, 0.717) is 23.9 Å². The molecule has 0 unspecified atom stereocenters. The molecular formula is C32H46N+. The highest BCUT2D eigenvalue weighted by molar-refractivity contribution is 5.94. The molecule has 3 aromatic rings. The van der Waals surface area contributed by atoms with Crippen LogP contribution in [0.1, 0.15) is 98.8 Å². The molecule has 178 valence electrons. The zero-order valence-corrected chi connectivity index (χ0v) is 23.1. The SMILES string of the molecule is [2H]c1cc2cc(C(C(C)C)C(C)C)ccc2c(-c2cc(C(C)(C)C)cc(C(C)(C)C)c2C)[n+]1C. The van der Waals surface area contributed by atoms with Crippen molar-refractivity contribution in [3.05, 3.63) is 64.8 Å². The normalized spacial score (nSPS) is 13.5. The van der Waals surface area contributed by atoms with Gasteiger partial charge in [0.1, 0.15) is 8.42 Å². The molecule has 0 radical (unpaired) electrons. The van der Waals surface area contributed by atoms with Gasteiger partial charge in [-0.2, -0.15) is 0 Å². The maximum absolute atomic E-state index is 8.83. The molecule has 1 heteroatoms. The summed E-state index contributed by atoms with van der Waals surface area (Å²) < 4.78 is 10.9. The lowest BCUT2D eigenvalue weighted by atomic mass is 9.76. The van der Waals surface area contributed by atoms with E-state index < -0.39 is 0 Å². The molecule has 33 heavy (non-hydrogen) atoms. The highest BCUT2D eigenvalue weighted by atomic mass is 14.9. The minimum absolute atomic E-state index is 0.0436. The van der Waals surface area contributed by atoms with Gasteiger partial charge < -0.3 is 0 Å². The second-order valence-electron chi connectivity index (χ2n) is 12.7. The van der Waals surface area contributed by atoms with Crippen molar-refractivity contribution < 1.29 is 5.94 Å². The van der Waals surface area contributed by atoms with Gasteiger partial charge in [0.15, 0.2) is 6.17 Å². The lowest BCUT2D eigenvalue weighted by Gasteiger charge is -2.28. The summed E-state index contributed by atoms with van der Waals surface area (Å²) in [5.41, 5.74) is 7.91. The van der Waals surface area contributed by atoms with E-state index in [1.165, 1.54) is 38.6 Å². The molecule has 0 aliphatic heterocycles. The lowest BCUT2D eigenvalue weighted by molar-refractivity contribution is -0.659. The fourth-order valence-corrected chi connectivity index (χ4v) is 5.57. The Kier molecular flexibility index (Phi) is 6.47. The average molecular weight is 446 g/mol. The third-order valence-corrected chi connectivity index (χ3v) is 7.24. The smallest absolute Gasteiger partial charge is 0.200 e. The summed E-state index contributed by atoms with van der Waals surface area (Å²) in [6.07, 6.45) is 0.545. The molecule has 0 fully saturated rings. The Morgan fingerprint density at radius 3 is 1.94 bits per heavy atom. The molecule has 1 heterocycles. The van der Waals surface area contributed by atoms with Crippen molar-refractivity contribution in [3.8, 4) is 11.3 Å². The zero-order valence-electron chi connectivity index (χ0n) is 24.1. The minimum Gasteiger partial charge on any atom is -0.200 e. The molecule has 0 N–H and O–H groups in total. The fourth-order valence-electron chi connectivity index (χ4n) is 5.57. The van der Waals surface area contributed by atoms with Crippen LogP contribution in [0.3, 0.4) is 0 Å². The highest BCUT2D eigenvalue weighted by Crippen LogP contribution is 2.39. The molecule has 3 rings (SSSR count). The van der Waals surface area contributed by atoms with Crippen LogP contribution in [0.5, 0.6) is 0 Å². The monoisotopic (exact) mass is 445 g/mol. The molecule has 0 aliphatic carbocycles. The predicted molar refractivity (Wildman–Crippen MR) is 145 cm³/mol. The molecule has 0 saturated carbocycles. The quantitative estimate of drug-likeness (QED) is 0.354. The summed E-state index contributed by atoms with van der Waals surface area (Å²) in [7, 11) is 2.04. The van der Waals surface area contributed by atoms with Crippen LogP contribution in [-0.2, 0) is 17.9 Å². The van der Waals surface area contributed by atoms with Gasteiger partial charge in [0.25, 0.3) is 0 Å². The Morgan fingerprint density at radius 1 is 0.818 bits per heavy atom. The van der Waals surface area contributed by atoms with E-state index in [1.54, 1.807) is 0 Å². The molecular weight excluding hydrogens is 398 g/mol. The number of hydrogen-bond donors (Lipinski definition) is 0. The third-order valence-electron chi connectivity index (χ3n) is 7.24. The van der Waals surface area contributed by atoms with E-state index in [9.17, 15) is 0 Å². The van der Waals surface area contributed by atoms with E-state index >= 15 is 0 Å². The number of nitrogens with zero attached hydrogens (tertiary/aromatic N) is 1. The number of benzene rings is 2. The summed E-state index contributed by atoms with van der Waals surface area (Å²) in [6, 6.07) is 13.8. The van der Waals surface area contributed by atoms with Crippen molar-refractivity contribution in [2.75, 3.05) is 0 Å². The summed E-state index contributed by atoms with van der Waals surface area (Å²) in [5, 5.41) is 2.39. The van der Waals surface area contributed by atoms with Gasteiger partial charge in [-0.1, -0.05) is 87.4 Å². The molecule has 0 bridgehead atoms. The van der Waals surface area contributed by atoms with Crippen molar-refractivity contribution in [1.82, 2.24) is 0 Å². The van der Waals surface area contributed by atoms with Gasteiger partial charge in [0.05, 0.1) is 10.9 Å². The molecule has 1 nitrogen and oxygen atoms in total. The molecule has 0 atom stereocenters. The average Bonchev–Trinajstić information content (AvgIpc) is 2.67. The van der Waals surface area contributed by atoms with Crippen molar-refractivity contribution in [3.63, 3.8) is 0 Å². The number of pyridine rings is 1. The molecule has 0 saturated heterocycles. The highest BCUT2D eigenvalue weighted by Gasteiger charge is 2.28. The maximum atomic E-state index is 8.83. The Morgan fingerprint density at radius 2 is 1.42 bits per heavy atom. The van der Waals surface area contributed by atoms with Gasteiger partial charge >= 0.3 is 0 Å². The number of aromatic nitrogens is 1. The Hall–Kier alpha value is -2.15. The van der Waals surface area contributed by atoms with Gasteiger partial charge in [-0.15, -0.1) is 0 Å². The first-order valence-corrected chi connectivity index (χ1v) is 12.6. The van der Waals surface area contributed by atoms with Crippen LogP contribution in [0.2, 0.25) is 0 Å². The van der Waals surface area contributed by atoms with Gasteiger partial charge in [0, 0.05) is 6.07 Å². The predicted octanol–water partition coefficient (Wildman–Crippen LogP) is 8.63. The molecule has 0 aliphatic rings. The van der Waals surface area contributed by atoms with E-state index in [1.807, 2.05) is 13.1 Å². The van der Waals surface area contributed by atoms with Crippen LogP contribution in [0.15, 0.2) is 42.6 Å². The van der Waals surface area contributed by atoms with Crippen LogP contribution in [0, 0.1) is 18.8 Å². The number of fused-ring (bicyclic) bond motifs is 1. The van der Waals surface area contributed by atoms with E-state index in [4.69, 9.17) is 1.37 Å². The summed E-state index contributed by atoms with van der Waals surface area (Å²) in [6.45, 7) is 25.3. The second kappa shape index (κ2) is 8.90. The van der Waals surface area contributed by atoms with Gasteiger partial charge in [-0.25, -0.2) is 4.57 Å². The Balaban J connectivity index is 2.41. The first-order valence-electron chi connectivity index (χ1n) is 13.1. The zero-order chi connectivity index (χ0) is 25.7. The van der Waals surface area contributed by atoms with Crippen molar-refractivity contribution in [2.24, 2.45) is 18.9 Å². The van der Waals surface area contributed by atoms with Gasteiger partial charge in [-0.05, 0) is 75.3 Å². The Bertz CT molecular complexity index is 1190. The van der Waals surface area contributed by atoms with Crippen LogP contribution >= 0.6 is 0 Å². The minimum atomic E-state index is 0.0436. The van der Waals surface area contributed by atoms with Crippen LogP contribution in [0.25, 0.3) is 22.0 Å². The molecule has 0 spiro atoms. The van der Waals surface area contributed by atoms with Crippen molar-refractivity contribution in [2.45, 2.75) is 92.9 Å². The van der Waals surface area contributed by atoms with E-state index in [0.717, 1.165) is 5.69 Å². The summed E-state index contributed by atoms with van der Waals surface area (Å²) >= 11 is 0. The third kappa shape index (κ3) is 5.03. The first kappa shape index (κ1) is 24.0. The largest absolute Gasteiger partial charge is 0.220 e. The summed E-state index contributed by atoms with van der Waals surface area (Å²) in [5.74, 6) is 1.66. The van der Waals surface area contributed by atoms with Gasteiger partial charge in [0.2, 0.25) is 5.69 Å². The van der Waals surface area contributed by atoms with E-state index in [2.05, 4.69) is 111 Å². The maximum Gasteiger partial charge on any atom is 0.220 e. The standard InChI is InChI=1S/C32H46N/c1-20(2)29(21(3)4)24-13-14-26-23(17-24)15-16-33(12)30(26)27-18-25(31(6,7)8)19-28(22(27)5)32(9,10)11/h13-21,29H,1-12H3/q+1/i16D. The van der Waals surface area contributed by atoms with Gasteiger partial charge in [-0.3, -0.25) is 0 Å². The molecule has 1 aromatic heterocycles. The van der Waals surface area contributed by atoms with Crippen molar-refractivity contribution >= 4 is 10.8 Å². The molecule has 0 amide bonds. The van der Waals surface area contributed by atoms with Crippen LogP contribution < -0.4 is 4.57 Å². The number of rotatable bonds is 4. The lowest BCUT2D eigenvalue weighted by Crippen LogP contribution is -2.31. The van der Waals surface area contributed by atoms with Crippen LogP contribution in [-0.4, -0.2) is 0 Å². The summed E-state index contributed by atoms with van der Waals surface area (Å²) in [4.78, 5) is 0.